The lowest BCUT2D eigenvalue weighted by Gasteiger charge is -2.19. The highest BCUT2D eigenvalue weighted by Gasteiger charge is 2.24. The van der Waals surface area contributed by atoms with Gasteiger partial charge in [0, 0.05) is 0 Å². The van der Waals surface area contributed by atoms with Crippen molar-refractivity contribution >= 4 is 11.9 Å². The Bertz CT molecular complexity index is 485. The van der Waals surface area contributed by atoms with E-state index in [2.05, 4.69) is 5.32 Å². The molecule has 0 aliphatic rings. The minimum atomic E-state index is -1.06. The Morgan fingerprint density at radius 2 is 1.81 bits per heavy atom. The zero-order valence-corrected chi connectivity index (χ0v) is 12.2. The van der Waals surface area contributed by atoms with Crippen molar-refractivity contribution in [2.24, 2.45) is 11.7 Å². The van der Waals surface area contributed by atoms with E-state index in [0.29, 0.717) is 6.42 Å². The molecule has 6 nitrogen and oxygen atoms in total. The van der Waals surface area contributed by atoms with Crippen LogP contribution in [0.4, 0.5) is 0 Å². The first kappa shape index (κ1) is 17.0. The number of aliphatic carboxylic acids is 1. The molecule has 0 saturated heterocycles. The summed E-state index contributed by atoms with van der Waals surface area (Å²) in [4.78, 5) is 23.1. The van der Waals surface area contributed by atoms with Crippen LogP contribution in [0.5, 0.6) is 5.75 Å². The number of carboxylic acids is 1. The Morgan fingerprint density at radius 1 is 1.24 bits per heavy atom. The van der Waals surface area contributed by atoms with Gasteiger partial charge in [0.1, 0.15) is 11.8 Å². The molecule has 0 bridgehead atoms. The van der Waals surface area contributed by atoms with Gasteiger partial charge in [0.2, 0.25) is 5.91 Å². The standard InChI is InChI=1S/C15H22N2O4/c1-9(2)7-13(15(20)21)17-14(19)12(16)8-10-3-5-11(18)6-4-10/h3-6,9,12-13,18H,7-8,16H2,1-2H3,(H,17,19)(H,20,21)/t12-,13?/m1/s1. The molecule has 116 valence electrons. The number of carbonyl (C=O) groups excluding carboxylic acids is 1. The molecule has 1 unspecified atom stereocenters. The van der Waals surface area contributed by atoms with Crippen LogP contribution in [0.3, 0.4) is 0 Å². The molecule has 0 saturated carbocycles. The minimum Gasteiger partial charge on any atom is -0.508 e. The average Bonchev–Trinajstić information content (AvgIpc) is 2.39. The van der Waals surface area contributed by atoms with E-state index < -0.39 is 24.0 Å². The predicted molar refractivity (Wildman–Crippen MR) is 78.8 cm³/mol. The summed E-state index contributed by atoms with van der Waals surface area (Å²) < 4.78 is 0. The maximum atomic E-state index is 12.0. The van der Waals surface area contributed by atoms with Crippen molar-refractivity contribution in [3.05, 3.63) is 29.8 Å². The molecule has 21 heavy (non-hydrogen) atoms. The number of aromatic hydroxyl groups is 1. The highest BCUT2D eigenvalue weighted by atomic mass is 16.4. The molecule has 2 atom stereocenters. The third-order valence-electron chi connectivity index (χ3n) is 3.05. The number of hydrogen-bond acceptors (Lipinski definition) is 4. The maximum absolute atomic E-state index is 12.0. The molecule has 1 aromatic rings. The van der Waals surface area contributed by atoms with Gasteiger partial charge < -0.3 is 21.3 Å². The van der Waals surface area contributed by atoms with Gasteiger partial charge >= 0.3 is 5.97 Å². The largest absolute Gasteiger partial charge is 0.508 e. The maximum Gasteiger partial charge on any atom is 0.326 e. The van der Waals surface area contributed by atoms with Crippen molar-refractivity contribution in [3.8, 4) is 5.75 Å². The molecular weight excluding hydrogens is 272 g/mol. The normalized spacial score (nSPS) is 13.7. The van der Waals surface area contributed by atoms with Crippen molar-refractivity contribution in [1.82, 2.24) is 5.32 Å². The summed E-state index contributed by atoms with van der Waals surface area (Å²) in [6.45, 7) is 3.77. The number of amides is 1. The third-order valence-corrected chi connectivity index (χ3v) is 3.05. The first-order chi connectivity index (χ1) is 9.79. The van der Waals surface area contributed by atoms with Crippen LogP contribution in [0.2, 0.25) is 0 Å². The van der Waals surface area contributed by atoms with Crippen LogP contribution in [0.25, 0.3) is 0 Å². The van der Waals surface area contributed by atoms with E-state index in [9.17, 15) is 14.7 Å². The zero-order valence-electron chi connectivity index (χ0n) is 12.2. The van der Waals surface area contributed by atoms with E-state index in [1.165, 1.54) is 12.1 Å². The van der Waals surface area contributed by atoms with Gasteiger partial charge in [0.25, 0.3) is 0 Å². The second-order valence-electron chi connectivity index (χ2n) is 5.51. The van der Waals surface area contributed by atoms with Crippen molar-refractivity contribution < 1.29 is 19.8 Å². The topological polar surface area (TPSA) is 113 Å². The van der Waals surface area contributed by atoms with E-state index in [1.807, 2.05) is 13.8 Å². The molecule has 0 heterocycles. The summed E-state index contributed by atoms with van der Waals surface area (Å²) in [6, 6.07) is 4.61. The first-order valence-electron chi connectivity index (χ1n) is 6.86. The van der Waals surface area contributed by atoms with Crippen LogP contribution in [0.1, 0.15) is 25.8 Å². The van der Waals surface area contributed by atoms with Crippen molar-refractivity contribution in [1.29, 1.82) is 0 Å². The molecule has 0 aliphatic heterocycles. The highest BCUT2D eigenvalue weighted by Crippen LogP contribution is 2.11. The summed E-state index contributed by atoms with van der Waals surface area (Å²) in [5, 5.41) is 20.7. The molecule has 1 amide bonds. The summed E-state index contributed by atoms with van der Waals surface area (Å²) in [5.41, 5.74) is 6.60. The number of carbonyl (C=O) groups is 2. The number of phenolic OH excluding ortho intramolecular Hbond substituents is 1. The van der Waals surface area contributed by atoms with Gasteiger partial charge in [0.05, 0.1) is 6.04 Å². The second-order valence-corrected chi connectivity index (χ2v) is 5.51. The van der Waals surface area contributed by atoms with Crippen LogP contribution in [-0.4, -0.2) is 34.2 Å². The number of rotatable bonds is 7. The van der Waals surface area contributed by atoms with Gasteiger partial charge in [-0.2, -0.15) is 0 Å². The van der Waals surface area contributed by atoms with Crippen molar-refractivity contribution in [2.45, 2.75) is 38.8 Å². The molecule has 0 aliphatic carbocycles. The van der Waals surface area contributed by atoms with Gasteiger partial charge in [-0.25, -0.2) is 4.79 Å². The number of nitrogens with two attached hydrogens (primary N) is 1. The van der Waals surface area contributed by atoms with Crippen LogP contribution in [-0.2, 0) is 16.0 Å². The molecular formula is C15H22N2O4. The second kappa shape index (κ2) is 7.64. The lowest BCUT2D eigenvalue weighted by Crippen LogP contribution is -2.49. The van der Waals surface area contributed by atoms with Crippen molar-refractivity contribution in [3.63, 3.8) is 0 Å². The lowest BCUT2D eigenvalue weighted by molar-refractivity contribution is -0.142. The number of benzene rings is 1. The number of nitrogens with one attached hydrogen (secondary N) is 1. The van der Waals surface area contributed by atoms with Crippen molar-refractivity contribution in [2.75, 3.05) is 0 Å². The van der Waals surface area contributed by atoms with Crippen LogP contribution >= 0.6 is 0 Å². The van der Waals surface area contributed by atoms with Gasteiger partial charge in [-0.1, -0.05) is 26.0 Å². The van der Waals surface area contributed by atoms with Gasteiger partial charge in [-0.15, -0.1) is 0 Å². The van der Waals surface area contributed by atoms with E-state index in [4.69, 9.17) is 10.8 Å². The average molecular weight is 294 g/mol. The molecule has 0 aromatic heterocycles. The molecule has 1 rings (SSSR count). The SMILES string of the molecule is CC(C)CC(NC(=O)[C@H](N)Cc1ccc(O)cc1)C(=O)O. The Morgan fingerprint density at radius 3 is 2.29 bits per heavy atom. The molecule has 6 heteroatoms. The Hall–Kier alpha value is -2.08. The Labute approximate surface area is 124 Å². The smallest absolute Gasteiger partial charge is 0.326 e. The third kappa shape index (κ3) is 5.83. The summed E-state index contributed by atoms with van der Waals surface area (Å²) >= 11 is 0. The molecule has 5 N–H and O–H groups in total. The van der Waals surface area contributed by atoms with Gasteiger partial charge in [-0.05, 0) is 36.5 Å². The number of hydrogen-bond donors (Lipinski definition) is 4. The van der Waals surface area contributed by atoms with Gasteiger partial charge in [-0.3, -0.25) is 4.79 Å². The monoisotopic (exact) mass is 294 g/mol. The minimum absolute atomic E-state index is 0.139. The lowest BCUT2D eigenvalue weighted by atomic mass is 10.0. The van der Waals surface area contributed by atoms with E-state index in [0.717, 1.165) is 5.56 Å². The molecule has 0 spiro atoms. The van der Waals surface area contributed by atoms with Crippen LogP contribution in [0.15, 0.2) is 24.3 Å². The fourth-order valence-corrected chi connectivity index (χ4v) is 1.95. The summed E-state index contributed by atoms with van der Waals surface area (Å²) in [6.07, 6.45) is 0.632. The Balaban J connectivity index is 2.60. The quantitative estimate of drug-likeness (QED) is 0.596. The number of carboxylic acid groups (broad SMARTS) is 1. The zero-order chi connectivity index (χ0) is 16.0. The Kier molecular flexibility index (Phi) is 6.17. The summed E-state index contributed by atoms with van der Waals surface area (Å²) in [5.74, 6) is -1.26. The number of phenols is 1. The molecule has 0 fully saturated rings. The fourth-order valence-electron chi connectivity index (χ4n) is 1.95. The van der Waals surface area contributed by atoms with Crippen LogP contribution in [0, 0.1) is 5.92 Å². The molecule has 0 radical (unpaired) electrons. The summed E-state index contributed by atoms with van der Waals surface area (Å²) in [7, 11) is 0. The van der Waals surface area contributed by atoms with E-state index >= 15 is 0 Å². The van der Waals surface area contributed by atoms with Crippen LogP contribution < -0.4 is 11.1 Å². The van der Waals surface area contributed by atoms with E-state index in [1.54, 1.807) is 12.1 Å². The highest BCUT2D eigenvalue weighted by molar-refractivity contribution is 5.86. The molecule has 1 aromatic carbocycles. The van der Waals surface area contributed by atoms with Gasteiger partial charge in [0.15, 0.2) is 0 Å². The fraction of sp³-hybridized carbons (Fsp3) is 0.467. The predicted octanol–water partition coefficient (Wildman–Crippen LogP) is 0.877. The van der Waals surface area contributed by atoms with E-state index in [-0.39, 0.29) is 18.1 Å². The first-order valence-corrected chi connectivity index (χ1v) is 6.86.